The summed E-state index contributed by atoms with van der Waals surface area (Å²) < 4.78 is 32.8. The number of benzene rings is 3. The molecule has 0 saturated heterocycles. The standard InChI is InChI=1S/C16H12ClN3O3S.Na.H/c17-10-5-7-11(8-6-10)19-20-14-9-15(24(21,22)23)12-3-1-2-4-13(12)16(14)18;;/h1-9H,18H2,(H,21,22,23);;. The van der Waals surface area contributed by atoms with E-state index >= 15 is 0 Å². The van der Waals surface area contributed by atoms with Crippen LogP contribution < -0.4 is 5.73 Å². The number of anilines is 1. The fraction of sp³-hybridized carbons (Fsp3) is 0. The van der Waals surface area contributed by atoms with Crippen molar-refractivity contribution >= 4 is 79.1 Å². The Bertz CT molecular complexity index is 1050. The van der Waals surface area contributed by atoms with Crippen LogP contribution >= 0.6 is 11.6 Å². The minimum atomic E-state index is -4.43. The molecule has 0 atom stereocenters. The van der Waals surface area contributed by atoms with E-state index < -0.39 is 10.1 Å². The molecule has 0 bridgehead atoms. The van der Waals surface area contributed by atoms with E-state index in [1.165, 1.54) is 6.07 Å². The van der Waals surface area contributed by atoms with Gasteiger partial charge in [-0.05, 0) is 30.3 Å². The van der Waals surface area contributed by atoms with Gasteiger partial charge in [0.2, 0.25) is 0 Å². The molecule has 0 aliphatic rings. The monoisotopic (exact) mass is 385 g/mol. The molecule has 0 heterocycles. The third-order valence-electron chi connectivity index (χ3n) is 3.40. The average Bonchev–Trinajstić information content (AvgIpc) is 2.55. The van der Waals surface area contributed by atoms with Crippen LogP contribution in [0.25, 0.3) is 10.8 Å². The van der Waals surface area contributed by atoms with E-state index in [0.717, 1.165) is 0 Å². The zero-order valence-electron chi connectivity index (χ0n) is 12.2. The van der Waals surface area contributed by atoms with Crippen LogP contribution in [0.15, 0.2) is 69.7 Å². The Morgan fingerprint density at radius 3 is 2.16 bits per heavy atom. The van der Waals surface area contributed by atoms with Crippen LogP contribution in [0, 0.1) is 0 Å². The molecule has 0 saturated carbocycles. The van der Waals surface area contributed by atoms with Crippen molar-refractivity contribution in [3.63, 3.8) is 0 Å². The number of nitrogens with two attached hydrogens (primary N) is 1. The van der Waals surface area contributed by atoms with Crippen LogP contribution in [0.5, 0.6) is 0 Å². The van der Waals surface area contributed by atoms with Gasteiger partial charge in [-0.3, -0.25) is 4.55 Å². The summed E-state index contributed by atoms with van der Waals surface area (Å²) in [5.74, 6) is 0. The van der Waals surface area contributed by atoms with E-state index in [1.54, 1.807) is 48.5 Å². The molecule has 0 aliphatic carbocycles. The molecule has 0 unspecified atom stereocenters. The summed E-state index contributed by atoms with van der Waals surface area (Å²) in [7, 11) is -4.43. The van der Waals surface area contributed by atoms with Gasteiger partial charge in [0.15, 0.2) is 0 Å². The second-order valence-electron chi connectivity index (χ2n) is 5.00. The third-order valence-corrected chi connectivity index (χ3v) is 4.55. The number of hydrogen-bond donors (Lipinski definition) is 2. The van der Waals surface area contributed by atoms with Gasteiger partial charge in [0, 0.05) is 15.8 Å². The molecular weight excluding hydrogens is 373 g/mol. The van der Waals surface area contributed by atoms with Crippen molar-refractivity contribution in [3.05, 3.63) is 59.6 Å². The number of azo groups is 1. The molecule has 124 valence electrons. The molecule has 3 N–H and O–H groups in total. The topological polar surface area (TPSA) is 105 Å². The molecule has 0 aliphatic heterocycles. The average molecular weight is 386 g/mol. The van der Waals surface area contributed by atoms with Crippen molar-refractivity contribution in [2.75, 3.05) is 5.73 Å². The second kappa shape index (κ2) is 7.82. The minimum absolute atomic E-state index is 0. The predicted octanol–water partition coefficient (Wildman–Crippen LogP) is 4.09. The van der Waals surface area contributed by atoms with Crippen LogP contribution in [0.3, 0.4) is 0 Å². The van der Waals surface area contributed by atoms with Crippen LogP contribution in [-0.2, 0) is 10.1 Å². The SMILES string of the molecule is Nc1c(N=Nc2ccc(Cl)cc2)cc(S(=O)(=O)O)c2ccccc12.[NaH]. The first-order chi connectivity index (χ1) is 11.4. The Hall–Kier alpha value is -1.48. The van der Waals surface area contributed by atoms with Crippen molar-refractivity contribution in [1.82, 2.24) is 0 Å². The van der Waals surface area contributed by atoms with Crippen molar-refractivity contribution in [3.8, 4) is 0 Å². The number of fused-ring (bicyclic) bond motifs is 1. The molecule has 0 aromatic heterocycles. The zero-order chi connectivity index (χ0) is 17.3. The Labute approximate surface area is 171 Å². The Morgan fingerprint density at radius 2 is 1.56 bits per heavy atom. The molecule has 3 aromatic carbocycles. The summed E-state index contributed by atoms with van der Waals surface area (Å²) in [6.07, 6.45) is 0. The molecule has 0 amide bonds. The van der Waals surface area contributed by atoms with Gasteiger partial charge < -0.3 is 5.73 Å². The summed E-state index contributed by atoms with van der Waals surface area (Å²) in [5, 5.41) is 9.38. The number of halogens is 1. The summed E-state index contributed by atoms with van der Waals surface area (Å²) in [5.41, 5.74) is 7.02. The number of nitrogens with zero attached hydrogens (tertiary/aromatic N) is 2. The van der Waals surface area contributed by atoms with E-state index in [2.05, 4.69) is 10.2 Å². The van der Waals surface area contributed by atoms with Crippen LogP contribution in [0.2, 0.25) is 5.02 Å². The third kappa shape index (κ3) is 4.38. The van der Waals surface area contributed by atoms with Gasteiger partial charge in [0.25, 0.3) is 10.1 Å². The van der Waals surface area contributed by atoms with Crippen molar-refractivity contribution in [1.29, 1.82) is 0 Å². The first kappa shape index (κ1) is 19.8. The van der Waals surface area contributed by atoms with E-state index in [0.29, 0.717) is 21.5 Å². The summed E-state index contributed by atoms with van der Waals surface area (Å²) in [6, 6.07) is 14.4. The molecule has 3 rings (SSSR count). The van der Waals surface area contributed by atoms with Gasteiger partial charge in [0.1, 0.15) is 10.6 Å². The molecule has 3 aromatic rings. The predicted molar refractivity (Wildman–Crippen MR) is 101 cm³/mol. The van der Waals surface area contributed by atoms with Crippen LogP contribution in [-0.4, -0.2) is 42.5 Å². The van der Waals surface area contributed by atoms with Crippen molar-refractivity contribution < 1.29 is 13.0 Å². The summed E-state index contributed by atoms with van der Waals surface area (Å²) in [4.78, 5) is -0.266. The summed E-state index contributed by atoms with van der Waals surface area (Å²) in [6.45, 7) is 0. The number of rotatable bonds is 3. The second-order valence-corrected chi connectivity index (χ2v) is 6.83. The zero-order valence-corrected chi connectivity index (χ0v) is 13.8. The van der Waals surface area contributed by atoms with Crippen molar-refractivity contribution in [2.24, 2.45) is 10.2 Å². The molecule has 0 radical (unpaired) electrons. The Morgan fingerprint density at radius 1 is 0.960 bits per heavy atom. The molecule has 6 nitrogen and oxygen atoms in total. The molecule has 25 heavy (non-hydrogen) atoms. The quantitative estimate of drug-likeness (QED) is 0.306. The first-order valence-electron chi connectivity index (χ1n) is 6.82. The maximum absolute atomic E-state index is 11.6. The van der Waals surface area contributed by atoms with Crippen LogP contribution in [0.1, 0.15) is 0 Å². The maximum atomic E-state index is 11.6. The van der Waals surface area contributed by atoms with Gasteiger partial charge in [-0.1, -0.05) is 35.9 Å². The first-order valence-corrected chi connectivity index (χ1v) is 8.64. The van der Waals surface area contributed by atoms with Gasteiger partial charge in [-0.15, -0.1) is 5.11 Å². The van der Waals surface area contributed by atoms with Gasteiger partial charge in [0.05, 0.1) is 11.4 Å². The Kier molecular flexibility index (Phi) is 6.21. The number of nitrogen functional groups attached to an aromatic ring is 1. The molecule has 0 spiro atoms. The molecular formula is C16H13ClN3NaO3S. The van der Waals surface area contributed by atoms with Gasteiger partial charge in [-0.2, -0.15) is 13.5 Å². The van der Waals surface area contributed by atoms with Crippen LogP contribution in [0.4, 0.5) is 17.1 Å². The summed E-state index contributed by atoms with van der Waals surface area (Å²) >= 11 is 5.80. The molecule has 0 fully saturated rings. The van der Waals surface area contributed by atoms with Gasteiger partial charge >= 0.3 is 29.6 Å². The Balaban J connectivity index is 0.00000225. The molecule has 9 heteroatoms. The fourth-order valence-corrected chi connectivity index (χ4v) is 3.11. The van der Waals surface area contributed by atoms with E-state index in [9.17, 15) is 13.0 Å². The van der Waals surface area contributed by atoms with Gasteiger partial charge in [-0.25, -0.2) is 0 Å². The van der Waals surface area contributed by atoms with Crippen molar-refractivity contribution in [2.45, 2.75) is 4.90 Å². The normalized spacial score (nSPS) is 11.6. The number of hydrogen-bond acceptors (Lipinski definition) is 5. The van der Waals surface area contributed by atoms with E-state index in [-0.39, 0.29) is 45.8 Å². The fourth-order valence-electron chi connectivity index (χ4n) is 2.27. The van der Waals surface area contributed by atoms with E-state index in [1.807, 2.05) is 0 Å². The van der Waals surface area contributed by atoms with E-state index in [4.69, 9.17) is 17.3 Å².